The summed E-state index contributed by atoms with van der Waals surface area (Å²) in [5.74, 6) is 0. The van der Waals surface area contributed by atoms with E-state index in [4.69, 9.17) is 0 Å². The van der Waals surface area contributed by atoms with Gasteiger partial charge in [0.25, 0.3) is 0 Å². The van der Waals surface area contributed by atoms with Crippen LogP contribution in [0.25, 0.3) is 10.9 Å². The van der Waals surface area contributed by atoms with Crippen LogP contribution in [0.5, 0.6) is 0 Å². The number of aliphatic hydroxyl groups is 1. The predicted octanol–water partition coefficient (Wildman–Crippen LogP) is 5.28. The van der Waals surface area contributed by atoms with Crippen molar-refractivity contribution in [1.82, 2.24) is 4.57 Å². The van der Waals surface area contributed by atoms with Gasteiger partial charge in [-0.05, 0) is 54.5 Å². The minimum atomic E-state index is -4.85. The number of alkyl halides is 3. The highest BCUT2D eigenvalue weighted by Crippen LogP contribution is 2.42. The smallest absolute Gasteiger partial charge is 0.379 e. The van der Waals surface area contributed by atoms with Gasteiger partial charge >= 0.3 is 6.18 Å². The van der Waals surface area contributed by atoms with Crippen molar-refractivity contribution in [3.8, 4) is 0 Å². The van der Waals surface area contributed by atoms with Crippen LogP contribution in [0.2, 0.25) is 0 Å². The molecule has 1 heterocycles. The van der Waals surface area contributed by atoms with Gasteiger partial charge in [-0.25, -0.2) is 0 Å². The lowest BCUT2D eigenvalue weighted by Crippen LogP contribution is -2.52. The summed E-state index contributed by atoms with van der Waals surface area (Å²) in [5, 5.41) is 11.2. The van der Waals surface area contributed by atoms with E-state index in [-0.39, 0.29) is 5.43 Å². The molecule has 1 atom stereocenters. The normalized spacial score (nSPS) is 14.7. The van der Waals surface area contributed by atoms with Crippen molar-refractivity contribution in [2.75, 3.05) is 0 Å². The molecule has 1 unspecified atom stereocenters. The average Bonchev–Trinajstić information content (AvgIpc) is 2.65. The zero-order valence-corrected chi connectivity index (χ0v) is 17.5. The standard InChI is InChI=1S/C24H26F3NO2/c1-16-9-10-18(13-17(16)2)22(3,4)14-23(30,24(25,26)27)15-28-12-11-21(29)19-7-5-6-8-20(19)28/h5-13,30H,14-15H2,1-4H3. The molecular formula is C24H26F3NO2. The highest BCUT2D eigenvalue weighted by atomic mass is 19.4. The van der Waals surface area contributed by atoms with E-state index in [1.807, 2.05) is 32.0 Å². The van der Waals surface area contributed by atoms with Crippen LogP contribution in [0.15, 0.2) is 59.5 Å². The zero-order valence-electron chi connectivity index (χ0n) is 17.5. The molecule has 3 rings (SSSR count). The summed E-state index contributed by atoms with van der Waals surface area (Å²) in [6.07, 6.45) is -4.06. The molecule has 0 amide bonds. The lowest BCUT2D eigenvalue weighted by atomic mass is 9.74. The molecule has 1 aromatic heterocycles. The second-order valence-electron chi connectivity index (χ2n) is 8.71. The molecule has 160 valence electrons. The molecule has 3 nitrogen and oxygen atoms in total. The second-order valence-corrected chi connectivity index (χ2v) is 8.71. The number of hydrogen-bond acceptors (Lipinski definition) is 2. The Labute approximate surface area is 173 Å². The molecule has 6 heteroatoms. The van der Waals surface area contributed by atoms with Crippen LogP contribution in [0.3, 0.4) is 0 Å². The molecule has 0 aliphatic heterocycles. The Morgan fingerprint density at radius 2 is 1.63 bits per heavy atom. The number of aryl methyl sites for hydroxylation is 2. The van der Waals surface area contributed by atoms with E-state index in [0.717, 1.165) is 16.7 Å². The Kier molecular flexibility index (Phi) is 5.58. The average molecular weight is 417 g/mol. The maximum atomic E-state index is 14.1. The summed E-state index contributed by atoms with van der Waals surface area (Å²) in [4.78, 5) is 12.1. The third kappa shape index (κ3) is 4.15. The van der Waals surface area contributed by atoms with Gasteiger partial charge in [0.1, 0.15) is 0 Å². The fraction of sp³-hybridized carbons (Fsp3) is 0.375. The molecule has 3 aromatic rings. The fourth-order valence-electron chi connectivity index (χ4n) is 3.92. The quantitative estimate of drug-likeness (QED) is 0.614. The highest BCUT2D eigenvalue weighted by molar-refractivity contribution is 5.78. The molecule has 0 radical (unpaired) electrons. The number of fused-ring (bicyclic) bond motifs is 1. The van der Waals surface area contributed by atoms with Crippen LogP contribution in [0, 0.1) is 13.8 Å². The summed E-state index contributed by atoms with van der Waals surface area (Å²) in [6, 6.07) is 13.3. The Morgan fingerprint density at radius 1 is 0.967 bits per heavy atom. The third-order valence-corrected chi connectivity index (χ3v) is 5.87. The molecule has 0 saturated carbocycles. The van der Waals surface area contributed by atoms with Gasteiger partial charge in [-0.1, -0.05) is 44.2 Å². The topological polar surface area (TPSA) is 42.2 Å². The molecule has 0 saturated heterocycles. The summed E-state index contributed by atoms with van der Waals surface area (Å²) in [7, 11) is 0. The number of nitrogens with zero attached hydrogens (tertiary/aromatic N) is 1. The van der Waals surface area contributed by atoms with E-state index >= 15 is 0 Å². The van der Waals surface area contributed by atoms with Crippen molar-refractivity contribution in [1.29, 1.82) is 0 Å². The largest absolute Gasteiger partial charge is 0.418 e. The highest BCUT2D eigenvalue weighted by Gasteiger charge is 2.56. The van der Waals surface area contributed by atoms with Crippen LogP contribution in [-0.4, -0.2) is 21.5 Å². The number of hydrogen-bond donors (Lipinski definition) is 1. The molecule has 0 fully saturated rings. The van der Waals surface area contributed by atoms with Crippen molar-refractivity contribution >= 4 is 10.9 Å². The Hall–Kier alpha value is -2.60. The maximum absolute atomic E-state index is 14.1. The van der Waals surface area contributed by atoms with Gasteiger partial charge < -0.3 is 9.67 Å². The van der Waals surface area contributed by atoms with E-state index in [9.17, 15) is 23.1 Å². The Bertz CT molecular complexity index is 1130. The lowest BCUT2D eigenvalue weighted by molar-refractivity contribution is -0.271. The summed E-state index contributed by atoms with van der Waals surface area (Å²) >= 11 is 0. The van der Waals surface area contributed by atoms with Gasteiger partial charge in [0.2, 0.25) is 0 Å². The van der Waals surface area contributed by atoms with Crippen molar-refractivity contribution in [2.24, 2.45) is 0 Å². The predicted molar refractivity (Wildman–Crippen MR) is 113 cm³/mol. The number of pyridine rings is 1. The first-order valence-corrected chi connectivity index (χ1v) is 9.79. The first kappa shape index (κ1) is 22.1. The van der Waals surface area contributed by atoms with Gasteiger partial charge in [-0.15, -0.1) is 0 Å². The van der Waals surface area contributed by atoms with Gasteiger partial charge in [0.15, 0.2) is 11.0 Å². The van der Waals surface area contributed by atoms with Crippen molar-refractivity contribution < 1.29 is 18.3 Å². The zero-order chi connectivity index (χ0) is 22.3. The molecule has 0 aliphatic carbocycles. The fourth-order valence-corrected chi connectivity index (χ4v) is 3.92. The number of halogens is 3. The SMILES string of the molecule is Cc1ccc(C(C)(C)CC(O)(Cn2ccc(=O)c3ccccc32)C(F)(F)F)cc1C. The molecule has 1 N–H and O–H groups in total. The van der Waals surface area contributed by atoms with Crippen LogP contribution in [-0.2, 0) is 12.0 Å². The van der Waals surface area contributed by atoms with E-state index in [0.29, 0.717) is 10.9 Å². The first-order valence-electron chi connectivity index (χ1n) is 9.79. The minimum Gasteiger partial charge on any atom is -0.379 e. The Balaban J connectivity index is 2.05. The van der Waals surface area contributed by atoms with Crippen molar-refractivity contribution in [2.45, 2.75) is 57.9 Å². The van der Waals surface area contributed by atoms with Gasteiger partial charge in [0.05, 0.1) is 12.1 Å². The monoisotopic (exact) mass is 417 g/mol. The van der Waals surface area contributed by atoms with Crippen LogP contribution >= 0.6 is 0 Å². The van der Waals surface area contributed by atoms with E-state index < -0.39 is 30.2 Å². The summed E-state index contributed by atoms with van der Waals surface area (Å²) in [6.45, 7) is 6.57. The van der Waals surface area contributed by atoms with E-state index in [2.05, 4.69) is 0 Å². The second kappa shape index (κ2) is 7.58. The van der Waals surface area contributed by atoms with Crippen molar-refractivity contribution in [3.63, 3.8) is 0 Å². The number of rotatable bonds is 5. The van der Waals surface area contributed by atoms with Crippen LogP contribution in [0.4, 0.5) is 13.2 Å². The van der Waals surface area contributed by atoms with Crippen LogP contribution < -0.4 is 5.43 Å². The number of benzene rings is 2. The summed E-state index contributed by atoms with van der Waals surface area (Å²) in [5.41, 5.74) is -1.05. The van der Waals surface area contributed by atoms with Gasteiger partial charge in [-0.3, -0.25) is 4.79 Å². The molecule has 0 aliphatic rings. The van der Waals surface area contributed by atoms with E-state index in [1.165, 1.54) is 16.8 Å². The molecule has 0 bridgehead atoms. The molecule has 30 heavy (non-hydrogen) atoms. The van der Waals surface area contributed by atoms with Crippen LogP contribution in [0.1, 0.15) is 37.0 Å². The number of para-hydroxylation sites is 1. The third-order valence-electron chi connectivity index (χ3n) is 5.87. The molecule has 2 aromatic carbocycles. The summed E-state index contributed by atoms with van der Waals surface area (Å²) < 4.78 is 43.7. The first-order chi connectivity index (χ1) is 13.8. The van der Waals surface area contributed by atoms with Gasteiger partial charge in [-0.2, -0.15) is 13.2 Å². The van der Waals surface area contributed by atoms with Gasteiger partial charge in [0, 0.05) is 17.6 Å². The minimum absolute atomic E-state index is 0.271. The van der Waals surface area contributed by atoms with Crippen molar-refractivity contribution in [3.05, 3.63) is 81.6 Å². The maximum Gasteiger partial charge on any atom is 0.418 e. The number of aromatic nitrogens is 1. The lowest BCUT2D eigenvalue weighted by Gasteiger charge is -2.38. The Morgan fingerprint density at radius 3 is 2.27 bits per heavy atom. The van der Waals surface area contributed by atoms with E-state index in [1.54, 1.807) is 38.1 Å². The molecular weight excluding hydrogens is 391 g/mol. The molecule has 0 spiro atoms.